The van der Waals surface area contributed by atoms with Gasteiger partial charge in [0.05, 0.1) is 6.61 Å². The first kappa shape index (κ1) is 14.5. The van der Waals surface area contributed by atoms with Gasteiger partial charge in [-0.3, -0.25) is 9.79 Å². The highest BCUT2D eigenvalue weighted by atomic mass is 32.2. The Labute approximate surface area is 114 Å². The van der Waals surface area contributed by atoms with Gasteiger partial charge in [0, 0.05) is 0 Å². The van der Waals surface area contributed by atoms with Crippen LogP contribution in [0.1, 0.15) is 6.92 Å². The number of ether oxygens (including phenoxy) is 1. The Kier molecular flexibility index (Phi) is 4.58. The molecular formula is C11H16N2O5S. The van der Waals surface area contributed by atoms with E-state index in [1.165, 1.54) is 6.08 Å². The summed E-state index contributed by atoms with van der Waals surface area (Å²) >= 11 is 1.15. The number of carbonyl (C=O) groups excluding carboxylic acids is 1. The molecule has 0 aromatic carbocycles. The molecule has 0 saturated carbocycles. The van der Waals surface area contributed by atoms with Gasteiger partial charge in [0.2, 0.25) is 5.91 Å². The second kappa shape index (κ2) is 6.02. The molecule has 0 aromatic rings. The van der Waals surface area contributed by atoms with Gasteiger partial charge < -0.3 is 25.4 Å². The summed E-state index contributed by atoms with van der Waals surface area (Å²) in [6.07, 6.45) is -0.210. The maximum absolute atomic E-state index is 11.4. The second-order valence-electron chi connectivity index (χ2n) is 4.24. The number of fused-ring (bicyclic) bond motifs is 1. The van der Waals surface area contributed by atoms with Crippen LogP contribution in [0.25, 0.3) is 0 Å². The van der Waals surface area contributed by atoms with Crippen LogP contribution >= 0.6 is 11.8 Å². The molecule has 5 atom stereocenters. The highest BCUT2D eigenvalue weighted by Crippen LogP contribution is 2.35. The van der Waals surface area contributed by atoms with E-state index in [9.17, 15) is 15.0 Å². The maximum Gasteiger partial charge on any atom is 0.249 e. The largest absolute Gasteiger partial charge is 0.394 e. The number of aliphatic hydroxyl groups excluding tert-OH is 3. The Bertz CT molecular complexity index is 414. The number of aliphatic hydroxyl groups is 3. The number of thioether (sulfide) groups is 1. The van der Waals surface area contributed by atoms with Crippen LogP contribution in [-0.4, -0.2) is 62.8 Å². The number of nitrogens with one attached hydrogen (secondary N) is 1. The summed E-state index contributed by atoms with van der Waals surface area (Å²) in [5.74, 6) is -0.318. The quantitative estimate of drug-likeness (QED) is 0.465. The summed E-state index contributed by atoms with van der Waals surface area (Å²) in [6.45, 7) is 1.33. The van der Waals surface area contributed by atoms with Crippen molar-refractivity contribution >= 4 is 22.8 Å². The van der Waals surface area contributed by atoms with E-state index >= 15 is 0 Å². The number of amides is 1. The first-order chi connectivity index (χ1) is 9.06. The van der Waals surface area contributed by atoms with Crippen LogP contribution in [0.3, 0.4) is 0 Å². The summed E-state index contributed by atoms with van der Waals surface area (Å²) in [5.41, 5.74) is -0.517. The predicted octanol–water partition coefficient (Wildman–Crippen LogP) is -1.41. The fourth-order valence-electron chi connectivity index (χ4n) is 1.94. The SMILES string of the molecule is CC=CC(=O)NC1=NC2C(OC(CO)C(O)C2O)S1. The molecule has 2 aliphatic rings. The van der Waals surface area contributed by atoms with Crippen molar-refractivity contribution in [2.45, 2.75) is 36.7 Å². The van der Waals surface area contributed by atoms with Crippen molar-refractivity contribution < 1.29 is 24.9 Å². The van der Waals surface area contributed by atoms with Crippen molar-refractivity contribution in [2.24, 2.45) is 4.99 Å². The molecule has 7 nitrogen and oxygen atoms in total. The molecule has 1 amide bonds. The average molecular weight is 288 g/mol. The fourth-order valence-corrected chi connectivity index (χ4v) is 3.06. The molecule has 2 aliphatic heterocycles. The summed E-state index contributed by atoms with van der Waals surface area (Å²) in [7, 11) is 0. The van der Waals surface area contributed by atoms with E-state index in [-0.39, 0.29) is 12.5 Å². The Morgan fingerprint density at radius 1 is 1.53 bits per heavy atom. The summed E-state index contributed by atoms with van der Waals surface area (Å²) in [6, 6.07) is -0.649. The Hall–Kier alpha value is -0.930. The first-order valence-corrected chi connectivity index (χ1v) is 6.75. The molecule has 0 spiro atoms. The minimum absolute atomic E-state index is 0.318. The maximum atomic E-state index is 11.4. The van der Waals surface area contributed by atoms with Gasteiger partial charge in [-0.25, -0.2) is 0 Å². The van der Waals surface area contributed by atoms with Crippen LogP contribution in [-0.2, 0) is 9.53 Å². The molecule has 0 aliphatic carbocycles. The van der Waals surface area contributed by atoms with Crippen molar-refractivity contribution in [3.05, 3.63) is 12.2 Å². The summed E-state index contributed by atoms with van der Waals surface area (Å²) < 4.78 is 5.43. The van der Waals surface area contributed by atoms with Crippen molar-refractivity contribution in [1.29, 1.82) is 0 Å². The number of allylic oxidation sites excluding steroid dienone is 1. The summed E-state index contributed by atoms with van der Waals surface area (Å²) in [5, 5.41) is 31.6. The lowest BCUT2D eigenvalue weighted by Gasteiger charge is -2.37. The number of aliphatic imine (C=N–C) groups is 1. The topological polar surface area (TPSA) is 111 Å². The lowest BCUT2D eigenvalue weighted by Crippen LogP contribution is -2.55. The van der Waals surface area contributed by atoms with Gasteiger partial charge in [-0.05, 0) is 13.0 Å². The molecule has 2 heterocycles. The monoisotopic (exact) mass is 288 g/mol. The van der Waals surface area contributed by atoms with Crippen molar-refractivity contribution in [1.82, 2.24) is 5.32 Å². The van der Waals surface area contributed by atoms with Crippen LogP contribution in [0.15, 0.2) is 17.1 Å². The molecule has 106 valence electrons. The molecule has 0 bridgehead atoms. The van der Waals surface area contributed by atoms with Crippen molar-refractivity contribution in [3.8, 4) is 0 Å². The van der Waals surface area contributed by atoms with Crippen LogP contribution < -0.4 is 5.32 Å². The van der Waals surface area contributed by atoms with E-state index in [1.807, 2.05) is 0 Å². The van der Waals surface area contributed by atoms with Gasteiger partial charge in [0.25, 0.3) is 0 Å². The van der Waals surface area contributed by atoms with E-state index in [0.29, 0.717) is 5.17 Å². The van der Waals surface area contributed by atoms with Crippen LogP contribution in [0.2, 0.25) is 0 Å². The van der Waals surface area contributed by atoms with Crippen LogP contribution in [0.4, 0.5) is 0 Å². The third-order valence-corrected chi connectivity index (χ3v) is 3.94. The molecule has 0 radical (unpaired) electrons. The Morgan fingerprint density at radius 3 is 2.89 bits per heavy atom. The third-order valence-electron chi connectivity index (χ3n) is 2.89. The first-order valence-electron chi connectivity index (χ1n) is 5.87. The van der Waals surface area contributed by atoms with Crippen LogP contribution in [0, 0.1) is 0 Å². The Balaban J connectivity index is 2.04. The number of rotatable bonds is 2. The predicted molar refractivity (Wildman–Crippen MR) is 69.5 cm³/mol. The van der Waals surface area contributed by atoms with Crippen molar-refractivity contribution in [3.63, 3.8) is 0 Å². The minimum Gasteiger partial charge on any atom is -0.394 e. The molecule has 8 heteroatoms. The van der Waals surface area contributed by atoms with Gasteiger partial charge in [0.15, 0.2) is 5.17 Å². The van der Waals surface area contributed by atoms with E-state index in [0.717, 1.165) is 11.8 Å². The molecule has 0 aromatic heterocycles. The normalized spacial score (nSPS) is 38.1. The number of nitrogens with zero attached hydrogens (tertiary/aromatic N) is 1. The van der Waals surface area contributed by atoms with E-state index < -0.39 is 29.8 Å². The fraction of sp³-hybridized carbons (Fsp3) is 0.636. The molecule has 5 unspecified atom stereocenters. The zero-order valence-corrected chi connectivity index (χ0v) is 11.1. The number of amidine groups is 1. The van der Waals surface area contributed by atoms with Crippen molar-refractivity contribution in [2.75, 3.05) is 6.61 Å². The smallest absolute Gasteiger partial charge is 0.249 e. The van der Waals surface area contributed by atoms with E-state index in [2.05, 4.69) is 10.3 Å². The third kappa shape index (κ3) is 2.98. The average Bonchev–Trinajstić information content (AvgIpc) is 2.76. The molecule has 2 rings (SSSR count). The molecule has 1 saturated heterocycles. The number of hydrogen-bond acceptors (Lipinski definition) is 7. The van der Waals surface area contributed by atoms with Gasteiger partial charge in [0.1, 0.15) is 29.8 Å². The van der Waals surface area contributed by atoms with E-state index in [4.69, 9.17) is 9.84 Å². The highest BCUT2D eigenvalue weighted by molar-refractivity contribution is 8.14. The molecular weight excluding hydrogens is 272 g/mol. The highest BCUT2D eigenvalue weighted by Gasteiger charge is 2.48. The van der Waals surface area contributed by atoms with Crippen LogP contribution in [0.5, 0.6) is 0 Å². The summed E-state index contributed by atoms with van der Waals surface area (Å²) in [4.78, 5) is 15.5. The minimum atomic E-state index is -1.19. The van der Waals surface area contributed by atoms with Gasteiger partial charge in [-0.15, -0.1) is 0 Å². The standard InChI is InChI=1S/C11H16N2O5S/c1-2-3-6(15)12-11-13-7-9(17)8(16)5(4-14)18-10(7)19-11/h2-3,5,7-10,14,16-17H,4H2,1H3,(H,12,13,15). The molecule has 19 heavy (non-hydrogen) atoms. The van der Waals surface area contributed by atoms with E-state index in [1.54, 1.807) is 13.0 Å². The Morgan fingerprint density at radius 2 is 2.26 bits per heavy atom. The lowest BCUT2D eigenvalue weighted by molar-refractivity contribution is -0.164. The van der Waals surface area contributed by atoms with Gasteiger partial charge in [-0.1, -0.05) is 17.8 Å². The number of hydrogen-bond donors (Lipinski definition) is 4. The second-order valence-corrected chi connectivity index (χ2v) is 5.33. The van der Waals surface area contributed by atoms with Gasteiger partial charge in [-0.2, -0.15) is 0 Å². The molecule has 4 N–H and O–H groups in total. The zero-order chi connectivity index (χ0) is 14.0. The zero-order valence-electron chi connectivity index (χ0n) is 10.3. The number of carbonyl (C=O) groups is 1. The molecule has 1 fully saturated rings. The van der Waals surface area contributed by atoms with Gasteiger partial charge >= 0.3 is 0 Å². The lowest BCUT2D eigenvalue weighted by atomic mass is 9.99.